The lowest BCUT2D eigenvalue weighted by molar-refractivity contribution is -0.128. The standard InChI is InChI=1S/2C24H27N3O4/c2*1-3-8-15-11-12-18-21-20(22(29)25-4-2)17(14-28)19(13-26(18)23(15)30)27(21)24(31)16-9-6-5-7-10-16/h2*3,5-12,17,19-21,28H,4,13-14H2,1-2H3,(H,25,29)/b8-3+;8-3-/t2*17-,19-,20+,21+/m11/s1. The fraction of sp³-hybridized carbons (Fsp3) is 0.375. The Morgan fingerprint density at radius 3 is 1.29 bits per heavy atom. The predicted octanol–water partition coefficient (Wildman–Crippen LogP) is 3.64. The molecule has 4 N–H and O–H groups in total. The summed E-state index contributed by atoms with van der Waals surface area (Å²) in [7, 11) is 0. The summed E-state index contributed by atoms with van der Waals surface area (Å²) in [4.78, 5) is 82.8. The number of aliphatic hydroxyl groups excluding tert-OH is 2. The number of aromatic nitrogens is 2. The molecule has 4 amide bonds. The molecule has 14 heteroatoms. The molecule has 8 atom stereocenters. The molecule has 0 aliphatic carbocycles. The van der Waals surface area contributed by atoms with Crippen LogP contribution in [0.25, 0.3) is 12.2 Å². The van der Waals surface area contributed by atoms with Gasteiger partial charge < -0.3 is 39.8 Å². The third-order valence-electron chi connectivity index (χ3n) is 12.7. The van der Waals surface area contributed by atoms with Crippen molar-refractivity contribution >= 4 is 35.8 Å². The SMILES string of the molecule is C/C=C/c1ccc2n(c1=O)C[C@@H]1[C@@H](CO)[C@H](C(=O)NCC)[C@H]2N1C(=O)c1ccccc1.C/C=C\c1ccc2n(c1=O)C[C@@H]1[C@@H](CO)[C@H](C(=O)NCC)[C@H]2N1C(=O)c1ccccc1. The van der Waals surface area contributed by atoms with Gasteiger partial charge in [-0.15, -0.1) is 0 Å². The summed E-state index contributed by atoms with van der Waals surface area (Å²) < 4.78 is 3.34. The first kappa shape index (κ1) is 43.7. The van der Waals surface area contributed by atoms with E-state index in [1.54, 1.807) is 104 Å². The maximum atomic E-state index is 13.5. The van der Waals surface area contributed by atoms with Crippen molar-refractivity contribution in [2.75, 3.05) is 26.3 Å². The zero-order valence-electron chi connectivity index (χ0n) is 35.4. The summed E-state index contributed by atoms with van der Waals surface area (Å²) in [5.74, 6) is -3.01. The highest BCUT2D eigenvalue weighted by molar-refractivity contribution is 5.97. The number of allylic oxidation sites excluding steroid dienone is 2. The molecular formula is C48H54N6O8. The van der Waals surface area contributed by atoms with Crippen LogP contribution in [0.3, 0.4) is 0 Å². The summed E-state index contributed by atoms with van der Waals surface area (Å²) >= 11 is 0. The van der Waals surface area contributed by atoms with Crippen molar-refractivity contribution in [2.24, 2.45) is 23.7 Å². The molecule has 0 radical (unpaired) electrons. The van der Waals surface area contributed by atoms with E-state index >= 15 is 0 Å². The molecule has 14 nitrogen and oxygen atoms in total. The molecule has 2 aromatic heterocycles. The molecule has 2 fully saturated rings. The Morgan fingerprint density at radius 1 is 0.597 bits per heavy atom. The number of hydrogen-bond donors (Lipinski definition) is 4. The van der Waals surface area contributed by atoms with Crippen molar-refractivity contribution < 1.29 is 29.4 Å². The molecule has 4 aromatic rings. The summed E-state index contributed by atoms with van der Waals surface area (Å²) in [6.45, 7) is 8.27. The van der Waals surface area contributed by atoms with Crippen LogP contribution in [0.2, 0.25) is 0 Å². The average Bonchev–Trinajstić information content (AvgIpc) is 3.68. The number of carbonyl (C=O) groups excluding carboxylic acids is 4. The van der Waals surface area contributed by atoms with Crippen LogP contribution in [0.4, 0.5) is 0 Å². The molecule has 0 spiro atoms. The molecule has 2 aromatic carbocycles. The summed E-state index contributed by atoms with van der Waals surface area (Å²) in [6.07, 6.45) is 7.12. The van der Waals surface area contributed by atoms with Crippen LogP contribution in [0.15, 0.2) is 107 Å². The monoisotopic (exact) mass is 842 g/mol. The number of nitrogens with one attached hydrogen (secondary N) is 2. The van der Waals surface area contributed by atoms with Gasteiger partial charge in [-0.05, 0) is 76.2 Å². The molecule has 0 unspecified atom stereocenters. The zero-order chi connectivity index (χ0) is 44.2. The van der Waals surface area contributed by atoms with Gasteiger partial charge in [0.05, 0.1) is 36.0 Å². The molecule has 4 aliphatic rings. The normalized spacial score (nSPS) is 24.3. The van der Waals surface area contributed by atoms with Crippen LogP contribution in [0, 0.1) is 23.7 Å². The van der Waals surface area contributed by atoms with Gasteiger partial charge in [0.2, 0.25) is 11.8 Å². The maximum Gasteiger partial charge on any atom is 0.258 e. The minimum Gasteiger partial charge on any atom is -0.396 e. The van der Waals surface area contributed by atoms with Crippen LogP contribution < -0.4 is 21.8 Å². The Hall–Kier alpha value is -6.38. The van der Waals surface area contributed by atoms with E-state index < -0.39 is 47.8 Å². The number of nitrogens with zero attached hydrogens (tertiary/aromatic N) is 4. The van der Waals surface area contributed by atoms with Gasteiger partial charge in [0.25, 0.3) is 22.9 Å². The predicted molar refractivity (Wildman–Crippen MR) is 235 cm³/mol. The summed E-state index contributed by atoms with van der Waals surface area (Å²) in [5.41, 5.74) is 3.12. The lowest BCUT2D eigenvalue weighted by Gasteiger charge is -2.38. The highest BCUT2D eigenvalue weighted by Gasteiger charge is 2.59. The smallest absolute Gasteiger partial charge is 0.258 e. The van der Waals surface area contributed by atoms with Gasteiger partial charge in [-0.2, -0.15) is 0 Å². The Morgan fingerprint density at radius 2 is 0.968 bits per heavy atom. The second-order valence-electron chi connectivity index (χ2n) is 16.0. The lowest BCUT2D eigenvalue weighted by atomic mass is 9.86. The second-order valence-corrected chi connectivity index (χ2v) is 16.0. The van der Waals surface area contributed by atoms with Gasteiger partial charge in [-0.25, -0.2) is 0 Å². The van der Waals surface area contributed by atoms with Crippen molar-refractivity contribution in [2.45, 2.75) is 65.0 Å². The molecular weight excluding hydrogens is 789 g/mol. The maximum absolute atomic E-state index is 13.5. The van der Waals surface area contributed by atoms with Crippen LogP contribution >= 0.6 is 0 Å². The van der Waals surface area contributed by atoms with Crippen molar-refractivity contribution in [3.8, 4) is 0 Å². The van der Waals surface area contributed by atoms with E-state index in [0.717, 1.165) is 0 Å². The van der Waals surface area contributed by atoms with Crippen LogP contribution in [0.5, 0.6) is 0 Å². The first-order valence-electron chi connectivity index (χ1n) is 21.3. The molecule has 8 rings (SSSR count). The largest absolute Gasteiger partial charge is 0.396 e. The fourth-order valence-electron chi connectivity index (χ4n) is 10.1. The third kappa shape index (κ3) is 7.62. The number of rotatable bonds is 10. The van der Waals surface area contributed by atoms with Crippen molar-refractivity contribution in [3.63, 3.8) is 0 Å². The first-order valence-corrected chi connectivity index (χ1v) is 21.3. The number of benzene rings is 2. The number of hydrogen-bond acceptors (Lipinski definition) is 8. The van der Waals surface area contributed by atoms with E-state index in [2.05, 4.69) is 10.6 Å². The van der Waals surface area contributed by atoms with E-state index in [9.17, 15) is 39.0 Å². The summed E-state index contributed by atoms with van der Waals surface area (Å²) in [6, 6.07) is 22.8. The Kier molecular flexibility index (Phi) is 13.2. The highest BCUT2D eigenvalue weighted by atomic mass is 16.3. The van der Waals surface area contributed by atoms with Crippen LogP contribution in [-0.2, 0) is 22.7 Å². The van der Waals surface area contributed by atoms with Crippen molar-refractivity contribution in [1.29, 1.82) is 0 Å². The Bertz CT molecular complexity index is 2320. The number of aliphatic hydroxyl groups is 2. The minimum absolute atomic E-state index is 0.148. The highest BCUT2D eigenvalue weighted by Crippen LogP contribution is 2.50. The number of carbonyl (C=O) groups is 4. The quantitative estimate of drug-likeness (QED) is 0.187. The molecule has 4 aliphatic heterocycles. The topological polar surface area (TPSA) is 183 Å². The van der Waals surface area contributed by atoms with E-state index in [1.807, 2.05) is 52.0 Å². The first-order chi connectivity index (χ1) is 30.1. The fourth-order valence-corrected chi connectivity index (χ4v) is 10.1. The van der Waals surface area contributed by atoms with Crippen molar-refractivity contribution in [3.05, 3.63) is 151 Å². The van der Waals surface area contributed by atoms with E-state index in [-0.39, 0.29) is 61.1 Å². The van der Waals surface area contributed by atoms with E-state index in [4.69, 9.17) is 0 Å². The van der Waals surface area contributed by atoms with Gasteiger partial charge in [0, 0.05) is 84.9 Å². The van der Waals surface area contributed by atoms with Gasteiger partial charge in [0.1, 0.15) is 0 Å². The van der Waals surface area contributed by atoms with E-state index in [0.29, 0.717) is 46.7 Å². The van der Waals surface area contributed by atoms with Gasteiger partial charge >= 0.3 is 0 Å². The molecule has 324 valence electrons. The summed E-state index contributed by atoms with van der Waals surface area (Å²) in [5, 5.41) is 26.2. The molecule has 2 saturated heterocycles. The molecule has 0 saturated carbocycles. The zero-order valence-corrected chi connectivity index (χ0v) is 35.4. The third-order valence-corrected chi connectivity index (χ3v) is 12.7. The Balaban J connectivity index is 0.000000186. The molecule has 62 heavy (non-hydrogen) atoms. The average molecular weight is 843 g/mol. The minimum atomic E-state index is -0.636. The van der Waals surface area contributed by atoms with Gasteiger partial charge in [0.15, 0.2) is 0 Å². The number of pyridine rings is 2. The van der Waals surface area contributed by atoms with Crippen LogP contribution in [-0.4, -0.2) is 91.2 Å². The number of fused-ring (bicyclic) bond motifs is 8. The second kappa shape index (κ2) is 18.7. The van der Waals surface area contributed by atoms with E-state index in [1.165, 1.54) is 0 Å². The van der Waals surface area contributed by atoms with Crippen molar-refractivity contribution in [1.82, 2.24) is 29.6 Å². The van der Waals surface area contributed by atoms with Gasteiger partial charge in [-0.1, -0.05) is 60.7 Å². The lowest BCUT2D eigenvalue weighted by Crippen LogP contribution is -2.49. The number of amides is 4. The van der Waals surface area contributed by atoms with Gasteiger partial charge in [-0.3, -0.25) is 28.8 Å². The molecule has 6 heterocycles. The van der Waals surface area contributed by atoms with Crippen LogP contribution in [0.1, 0.15) is 83.0 Å². The Labute approximate surface area is 360 Å². The molecule has 4 bridgehead atoms.